The maximum absolute atomic E-state index is 5.22. The van der Waals surface area contributed by atoms with Crippen molar-refractivity contribution in [1.82, 2.24) is 0 Å². The van der Waals surface area contributed by atoms with E-state index in [0.29, 0.717) is 11.8 Å². The van der Waals surface area contributed by atoms with Crippen molar-refractivity contribution in [3.05, 3.63) is 11.8 Å². The zero-order chi connectivity index (χ0) is 10.4. The van der Waals surface area contributed by atoms with Crippen molar-refractivity contribution in [1.29, 1.82) is 0 Å². The highest BCUT2D eigenvalue weighted by Crippen LogP contribution is 2.12. The predicted octanol–water partition coefficient (Wildman–Crippen LogP) is 3.28. The van der Waals surface area contributed by atoms with Crippen molar-refractivity contribution in [3.63, 3.8) is 0 Å². The van der Waals surface area contributed by atoms with Gasteiger partial charge >= 0.3 is 0 Å². The molecule has 0 saturated carbocycles. The van der Waals surface area contributed by atoms with Gasteiger partial charge in [-0.15, -0.1) is 6.42 Å². The van der Waals surface area contributed by atoms with Crippen LogP contribution in [0.25, 0.3) is 0 Å². The van der Waals surface area contributed by atoms with Gasteiger partial charge in [0.05, 0.1) is 5.70 Å². The molecule has 0 aromatic rings. The molecule has 0 fully saturated rings. The first-order valence-electron chi connectivity index (χ1n) is 4.70. The monoisotopic (exact) mass is 177 g/mol. The molecular formula is C12H19N. The van der Waals surface area contributed by atoms with Gasteiger partial charge in [-0.1, -0.05) is 33.6 Å². The Kier molecular flexibility index (Phi) is 5.14. The Morgan fingerprint density at radius 3 is 2.08 bits per heavy atom. The molecule has 0 aromatic heterocycles. The van der Waals surface area contributed by atoms with Gasteiger partial charge in [0.2, 0.25) is 0 Å². The van der Waals surface area contributed by atoms with E-state index in [4.69, 9.17) is 6.42 Å². The van der Waals surface area contributed by atoms with Crippen LogP contribution in [0.15, 0.2) is 16.8 Å². The van der Waals surface area contributed by atoms with E-state index in [1.165, 1.54) is 0 Å². The Hall–Kier alpha value is -1.03. The summed E-state index contributed by atoms with van der Waals surface area (Å²) in [6.45, 7) is 10.5. The van der Waals surface area contributed by atoms with Crippen LogP contribution in [0, 0.1) is 24.2 Å². The summed E-state index contributed by atoms with van der Waals surface area (Å²) in [4.78, 5) is 4.50. The van der Waals surface area contributed by atoms with Crippen LogP contribution in [0.2, 0.25) is 0 Å². The molecule has 0 unspecified atom stereocenters. The second-order valence-corrected chi connectivity index (χ2v) is 3.80. The molecule has 0 radical (unpaired) electrons. The Morgan fingerprint density at radius 2 is 1.77 bits per heavy atom. The van der Waals surface area contributed by atoms with E-state index < -0.39 is 0 Å². The molecule has 1 nitrogen and oxygen atoms in total. The lowest BCUT2D eigenvalue weighted by atomic mass is 10.1. The van der Waals surface area contributed by atoms with E-state index in [-0.39, 0.29) is 0 Å². The van der Waals surface area contributed by atoms with Gasteiger partial charge in [-0.3, -0.25) is 4.99 Å². The molecular weight excluding hydrogens is 158 g/mol. The first-order valence-corrected chi connectivity index (χ1v) is 4.70. The number of nitrogens with zero attached hydrogens (tertiary/aromatic N) is 1. The summed E-state index contributed by atoms with van der Waals surface area (Å²) >= 11 is 0. The summed E-state index contributed by atoms with van der Waals surface area (Å²) in [5, 5.41) is 0. The highest BCUT2D eigenvalue weighted by Gasteiger charge is 2.03. The smallest absolute Gasteiger partial charge is 0.0511 e. The van der Waals surface area contributed by atoms with E-state index in [1.54, 1.807) is 6.08 Å². The van der Waals surface area contributed by atoms with Crippen molar-refractivity contribution < 1.29 is 0 Å². The third-order valence-corrected chi connectivity index (χ3v) is 1.96. The molecule has 1 heteroatoms. The van der Waals surface area contributed by atoms with Gasteiger partial charge in [-0.25, -0.2) is 0 Å². The van der Waals surface area contributed by atoms with Crippen LogP contribution >= 0.6 is 0 Å². The van der Waals surface area contributed by atoms with Crippen molar-refractivity contribution in [3.8, 4) is 12.3 Å². The minimum absolute atomic E-state index is 0.393. The number of allylic oxidation sites excluding steroid dienone is 2. The van der Waals surface area contributed by atoms with Crippen LogP contribution in [0.4, 0.5) is 0 Å². The number of hydrogen-bond acceptors (Lipinski definition) is 1. The standard InChI is InChI=1S/C12H19N/c1-7-8-12(10(4)5)13-11(6)9(2)3/h1,8-10H,2-6H3/b12-8-,13-11+. The molecule has 13 heavy (non-hydrogen) atoms. The zero-order valence-electron chi connectivity index (χ0n) is 9.26. The van der Waals surface area contributed by atoms with Crippen molar-refractivity contribution in [2.24, 2.45) is 16.8 Å². The average molecular weight is 177 g/mol. The highest BCUT2D eigenvalue weighted by molar-refractivity contribution is 5.84. The molecule has 0 spiro atoms. The highest BCUT2D eigenvalue weighted by atomic mass is 14.8. The Balaban J connectivity index is 4.73. The topological polar surface area (TPSA) is 12.4 Å². The van der Waals surface area contributed by atoms with Crippen molar-refractivity contribution in [2.75, 3.05) is 0 Å². The first-order chi connectivity index (χ1) is 5.99. The molecule has 0 aliphatic heterocycles. The number of terminal acetylenes is 1. The van der Waals surface area contributed by atoms with Gasteiger partial charge in [0.1, 0.15) is 0 Å². The van der Waals surface area contributed by atoms with Gasteiger partial charge in [0.25, 0.3) is 0 Å². The number of aliphatic imine (C=N–C) groups is 1. The van der Waals surface area contributed by atoms with Crippen LogP contribution in [0.5, 0.6) is 0 Å². The summed E-state index contributed by atoms with van der Waals surface area (Å²) in [7, 11) is 0. The normalized spacial score (nSPS) is 13.7. The lowest BCUT2D eigenvalue weighted by molar-refractivity contribution is 0.751. The Morgan fingerprint density at radius 1 is 1.23 bits per heavy atom. The lowest BCUT2D eigenvalue weighted by Gasteiger charge is -2.08. The molecule has 0 aliphatic rings. The number of hydrogen-bond donors (Lipinski definition) is 0. The van der Waals surface area contributed by atoms with Crippen LogP contribution in [-0.2, 0) is 0 Å². The molecule has 0 saturated heterocycles. The molecule has 0 bridgehead atoms. The van der Waals surface area contributed by atoms with Gasteiger partial charge in [0, 0.05) is 11.8 Å². The van der Waals surface area contributed by atoms with E-state index in [9.17, 15) is 0 Å². The largest absolute Gasteiger partial charge is 0.261 e. The fourth-order valence-electron chi connectivity index (χ4n) is 0.746. The van der Waals surface area contributed by atoms with Crippen LogP contribution < -0.4 is 0 Å². The molecule has 0 aliphatic carbocycles. The summed E-state index contributed by atoms with van der Waals surface area (Å²) in [6, 6.07) is 0. The Labute approximate surface area is 82.0 Å². The van der Waals surface area contributed by atoms with Gasteiger partial charge in [-0.2, -0.15) is 0 Å². The molecule has 0 amide bonds. The number of rotatable bonds is 3. The molecule has 0 N–H and O–H groups in total. The zero-order valence-corrected chi connectivity index (χ0v) is 9.26. The van der Waals surface area contributed by atoms with Crippen LogP contribution in [-0.4, -0.2) is 5.71 Å². The van der Waals surface area contributed by atoms with Crippen LogP contribution in [0.1, 0.15) is 34.6 Å². The third kappa shape index (κ3) is 4.52. The van der Waals surface area contributed by atoms with Gasteiger partial charge < -0.3 is 0 Å². The summed E-state index contributed by atoms with van der Waals surface area (Å²) in [5.41, 5.74) is 2.13. The Bertz CT molecular complexity index is 249. The summed E-state index contributed by atoms with van der Waals surface area (Å²) < 4.78 is 0. The molecule has 72 valence electrons. The van der Waals surface area contributed by atoms with Crippen molar-refractivity contribution >= 4 is 5.71 Å². The minimum atomic E-state index is 0.393. The molecule has 0 rings (SSSR count). The molecule has 0 heterocycles. The maximum Gasteiger partial charge on any atom is 0.0511 e. The molecule has 0 aromatic carbocycles. The third-order valence-electron chi connectivity index (χ3n) is 1.96. The van der Waals surface area contributed by atoms with Crippen LogP contribution in [0.3, 0.4) is 0 Å². The maximum atomic E-state index is 5.22. The SMILES string of the molecule is C#C/C=C(\N=C(/C)C(C)C)C(C)C. The lowest BCUT2D eigenvalue weighted by Crippen LogP contribution is -2.04. The second kappa shape index (κ2) is 5.59. The second-order valence-electron chi connectivity index (χ2n) is 3.80. The average Bonchev–Trinajstić information content (AvgIpc) is 2.03. The fourth-order valence-corrected chi connectivity index (χ4v) is 0.746. The van der Waals surface area contributed by atoms with Gasteiger partial charge in [0.15, 0.2) is 0 Å². The van der Waals surface area contributed by atoms with E-state index >= 15 is 0 Å². The minimum Gasteiger partial charge on any atom is -0.261 e. The van der Waals surface area contributed by atoms with E-state index in [2.05, 4.69) is 38.6 Å². The summed E-state index contributed by atoms with van der Waals surface area (Å²) in [5.74, 6) is 3.40. The van der Waals surface area contributed by atoms with E-state index in [1.807, 2.05) is 6.92 Å². The van der Waals surface area contributed by atoms with Gasteiger partial charge in [-0.05, 0) is 18.8 Å². The predicted molar refractivity (Wildman–Crippen MR) is 59.7 cm³/mol. The quantitative estimate of drug-likeness (QED) is 0.463. The molecule has 0 atom stereocenters. The fraction of sp³-hybridized carbons (Fsp3) is 0.583. The van der Waals surface area contributed by atoms with Crippen molar-refractivity contribution in [2.45, 2.75) is 34.6 Å². The van der Waals surface area contributed by atoms with E-state index in [0.717, 1.165) is 11.4 Å². The first kappa shape index (κ1) is 12.0. The summed E-state index contributed by atoms with van der Waals surface area (Å²) in [6.07, 6.45) is 6.97.